The highest BCUT2D eigenvalue weighted by atomic mass is 32.2. The third-order valence-electron chi connectivity index (χ3n) is 3.62. The Hall–Kier alpha value is -2.20. The van der Waals surface area contributed by atoms with E-state index < -0.39 is 10.0 Å². The molecule has 0 amide bonds. The highest BCUT2D eigenvalue weighted by Crippen LogP contribution is 2.18. The maximum atomic E-state index is 12.5. The Bertz CT molecular complexity index is 846. The van der Waals surface area contributed by atoms with Gasteiger partial charge in [0, 0.05) is 38.4 Å². The Kier molecular flexibility index (Phi) is 5.96. The summed E-state index contributed by atoms with van der Waals surface area (Å²) in [5.41, 5.74) is 1.93. The molecule has 0 atom stereocenters. The quantitative estimate of drug-likeness (QED) is 0.595. The Morgan fingerprint density at radius 3 is 2.44 bits per heavy atom. The molecule has 0 saturated heterocycles. The zero-order chi connectivity index (χ0) is 18.6. The van der Waals surface area contributed by atoms with Crippen molar-refractivity contribution in [2.24, 2.45) is 7.05 Å². The average molecular weight is 367 g/mol. The van der Waals surface area contributed by atoms with Crippen molar-refractivity contribution < 1.29 is 8.42 Å². The molecule has 0 saturated carbocycles. The minimum absolute atomic E-state index is 0.232. The largest absolute Gasteiger partial charge is 0.369 e. The Balaban J connectivity index is 1.97. The van der Waals surface area contributed by atoms with Crippen molar-refractivity contribution in [2.45, 2.75) is 32.6 Å². The van der Waals surface area contributed by atoms with Gasteiger partial charge in [0.15, 0.2) is 0 Å². The molecule has 10 heteroatoms. The molecule has 3 N–H and O–H groups in total. The molecule has 2 heterocycles. The fourth-order valence-electron chi connectivity index (χ4n) is 2.49. The van der Waals surface area contributed by atoms with Crippen LogP contribution in [-0.4, -0.2) is 47.8 Å². The third-order valence-corrected chi connectivity index (χ3v) is 5.34. The van der Waals surface area contributed by atoms with E-state index >= 15 is 0 Å². The molecule has 0 aromatic carbocycles. The van der Waals surface area contributed by atoms with Gasteiger partial charge in [0.2, 0.25) is 16.0 Å². The number of nitrogens with zero attached hydrogens (tertiary/aromatic N) is 4. The summed E-state index contributed by atoms with van der Waals surface area (Å²) in [6, 6.07) is 1.81. The first-order chi connectivity index (χ1) is 11.7. The molecule has 2 aromatic heterocycles. The zero-order valence-corrected chi connectivity index (χ0v) is 16.0. The van der Waals surface area contributed by atoms with Crippen LogP contribution in [0, 0.1) is 20.8 Å². The normalized spacial score (nSPS) is 11.6. The van der Waals surface area contributed by atoms with Crippen molar-refractivity contribution in [3.8, 4) is 0 Å². The van der Waals surface area contributed by atoms with Crippen molar-refractivity contribution >= 4 is 21.8 Å². The van der Waals surface area contributed by atoms with Crippen LogP contribution in [0.1, 0.15) is 24.0 Å². The van der Waals surface area contributed by atoms with E-state index in [0.29, 0.717) is 29.7 Å². The molecule has 0 radical (unpaired) electrons. The topological polar surface area (TPSA) is 114 Å². The monoisotopic (exact) mass is 367 g/mol. The predicted molar refractivity (Wildman–Crippen MR) is 97.3 cm³/mol. The van der Waals surface area contributed by atoms with E-state index in [4.69, 9.17) is 0 Å². The highest BCUT2D eigenvalue weighted by Gasteiger charge is 2.23. The molecule has 0 spiro atoms. The van der Waals surface area contributed by atoms with Crippen LogP contribution in [0.5, 0.6) is 0 Å². The first kappa shape index (κ1) is 19.1. The van der Waals surface area contributed by atoms with Gasteiger partial charge in [-0.3, -0.25) is 4.68 Å². The third kappa shape index (κ3) is 4.67. The second kappa shape index (κ2) is 7.79. The van der Waals surface area contributed by atoms with E-state index in [0.717, 1.165) is 12.2 Å². The van der Waals surface area contributed by atoms with Gasteiger partial charge in [-0.2, -0.15) is 10.1 Å². The number of anilines is 2. The summed E-state index contributed by atoms with van der Waals surface area (Å²) >= 11 is 0. The number of sulfonamides is 1. The highest BCUT2D eigenvalue weighted by molar-refractivity contribution is 7.89. The predicted octanol–water partition coefficient (Wildman–Crippen LogP) is 0.958. The van der Waals surface area contributed by atoms with E-state index in [-0.39, 0.29) is 11.4 Å². The number of aromatic nitrogens is 4. The van der Waals surface area contributed by atoms with Crippen LogP contribution in [0.3, 0.4) is 0 Å². The molecule has 9 nitrogen and oxygen atoms in total. The van der Waals surface area contributed by atoms with Gasteiger partial charge < -0.3 is 10.6 Å². The lowest BCUT2D eigenvalue weighted by Crippen LogP contribution is -2.29. The molecule has 2 aromatic rings. The van der Waals surface area contributed by atoms with Crippen molar-refractivity contribution in [1.82, 2.24) is 24.5 Å². The van der Waals surface area contributed by atoms with Crippen LogP contribution >= 0.6 is 0 Å². The van der Waals surface area contributed by atoms with Crippen molar-refractivity contribution in [2.75, 3.05) is 30.3 Å². The summed E-state index contributed by atoms with van der Waals surface area (Å²) in [5, 5.41) is 10.3. The summed E-state index contributed by atoms with van der Waals surface area (Å²) < 4.78 is 29.1. The first-order valence-corrected chi connectivity index (χ1v) is 9.56. The second-order valence-corrected chi connectivity index (χ2v) is 7.40. The molecule has 25 heavy (non-hydrogen) atoms. The number of hydrogen-bond donors (Lipinski definition) is 3. The van der Waals surface area contributed by atoms with Gasteiger partial charge in [0.05, 0.1) is 11.4 Å². The molecule has 0 unspecified atom stereocenters. The molecule has 0 bridgehead atoms. The van der Waals surface area contributed by atoms with E-state index in [9.17, 15) is 8.42 Å². The van der Waals surface area contributed by atoms with Gasteiger partial charge in [-0.05, 0) is 27.7 Å². The van der Waals surface area contributed by atoms with E-state index in [1.54, 1.807) is 25.6 Å². The lowest BCUT2D eigenvalue weighted by molar-refractivity contribution is 0.581. The van der Waals surface area contributed by atoms with E-state index in [1.165, 1.54) is 0 Å². The van der Waals surface area contributed by atoms with Gasteiger partial charge in [0.25, 0.3) is 0 Å². The van der Waals surface area contributed by atoms with Crippen molar-refractivity contribution in [3.05, 3.63) is 23.1 Å². The smallest absolute Gasteiger partial charge is 0.244 e. The molecular weight excluding hydrogens is 342 g/mol. The number of hydrogen-bond acceptors (Lipinski definition) is 7. The SMILES string of the molecule is CCNc1nc(C)cc(NCCNS(=O)(=O)c2c(C)nn(C)c2C)n1. The standard InChI is InChI=1S/C15H25N7O2S/c1-6-16-15-19-10(2)9-13(20-15)17-7-8-18-25(23,24)14-11(3)21-22(5)12(14)4/h9,18H,6-8H2,1-5H3,(H2,16,17,19,20). The van der Waals surface area contributed by atoms with Gasteiger partial charge in [0.1, 0.15) is 10.7 Å². The van der Waals surface area contributed by atoms with Crippen LogP contribution in [0.4, 0.5) is 11.8 Å². The van der Waals surface area contributed by atoms with Gasteiger partial charge in [-0.15, -0.1) is 0 Å². The Morgan fingerprint density at radius 1 is 1.12 bits per heavy atom. The molecule has 0 aliphatic rings. The lowest BCUT2D eigenvalue weighted by Gasteiger charge is -2.10. The minimum atomic E-state index is -3.60. The number of nitrogens with one attached hydrogen (secondary N) is 3. The molecule has 0 aliphatic heterocycles. The van der Waals surface area contributed by atoms with Crippen molar-refractivity contribution in [1.29, 1.82) is 0 Å². The van der Waals surface area contributed by atoms with Crippen LogP contribution in [0.2, 0.25) is 0 Å². The summed E-state index contributed by atoms with van der Waals surface area (Å²) in [7, 11) is -1.87. The van der Waals surface area contributed by atoms with Crippen LogP contribution in [-0.2, 0) is 17.1 Å². The maximum absolute atomic E-state index is 12.5. The summed E-state index contributed by atoms with van der Waals surface area (Å²) in [4.78, 5) is 8.83. The number of aryl methyl sites for hydroxylation is 3. The molecule has 0 fully saturated rings. The van der Waals surface area contributed by atoms with Gasteiger partial charge >= 0.3 is 0 Å². The molecule has 0 aliphatic carbocycles. The second-order valence-electron chi connectivity index (χ2n) is 5.70. The molecule has 138 valence electrons. The van der Waals surface area contributed by atoms with Crippen LogP contribution in [0.15, 0.2) is 11.0 Å². The number of rotatable bonds is 8. The zero-order valence-electron chi connectivity index (χ0n) is 15.2. The fourth-order valence-corrected chi connectivity index (χ4v) is 3.95. The molecular formula is C15H25N7O2S. The first-order valence-electron chi connectivity index (χ1n) is 8.08. The summed E-state index contributed by atoms with van der Waals surface area (Å²) in [6.45, 7) is 8.63. The van der Waals surface area contributed by atoms with E-state index in [2.05, 4.69) is 30.4 Å². The van der Waals surface area contributed by atoms with Gasteiger partial charge in [-0.25, -0.2) is 18.1 Å². The Morgan fingerprint density at radius 2 is 1.84 bits per heavy atom. The fraction of sp³-hybridized carbons (Fsp3) is 0.533. The Labute approximate surface area is 148 Å². The van der Waals surface area contributed by atoms with Crippen molar-refractivity contribution in [3.63, 3.8) is 0 Å². The molecule has 2 rings (SSSR count). The van der Waals surface area contributed by atoms with Crippen LogP contribution in [0.25, 0.3) is 0 Å². The summed E-state index contributed by atoms with van der Waals surface area (Å²) in [5.74, 6) is 1.20. The maximum Gasteiger partial charge on any atom is 0.244 e. The lowest BCUT2D eigenvalue weighted by atomic mass is 10.4. The van der Waals surface area contributed by atoms with E-state index in [1.807, 2.05) is 19.9 Å². The average Bonchev–Trinajstić information content (AvgIpc) is 2.77. The minimum Gasteiger partial charge on any atom is -0.369 e. The summed E-state index contributed by atoms with van der Waals surface area (Å²) in [6.07, 6.45) is 0. The van der Waals surface area contributed by atoms with Crippen LogP contribution < -0.4 is 15.4 Å². The van der Waals surface area contributed by atoms with Gasteiger partial charge in [-0.1, -0.05) is 0 Å².